The lowest BCUT2D eigenvalue weighted by molar-refractivity contribution is -0.135. The molecule has 0 bridgehead atoms. The van der Waals surface area contributed by atoms with Crippen molar-refractivity contribution in [3.05, 3.63) is 35.4 Å². The fourth-order valence-electron chi connectivity index (χ4n) is 4.01. The van der Waals surface area contributed by atoms with Crippen molar-refractivity contribution in [2.45, 2.75) is 38.1 Å². The molecule has 2 atom stereocenters. The standard InChI is InChI=1S/C19H26N4O3/c24-18-12-17(22-7-9-26-10-8-22)20-16(21-18)11-19(25)23-6-5-14-3-1-2-4-15(14)13-23/h1-4,16-17,20H,5-13H2,(H,21,24). The van der Waals surface area contributed by atoms with Gasteiger partial charge >= 0.3 is 0 Å². The van der Waals surface area contributed by atoms with Gasteiger partial charge in [-0.05, 0) is 17.5 Å². The molecule has 0 radical (unpaired) electrons. The zero-order chi connectivity index (χ0) is 17.9. The highest BCUT2D eigenvalue weighted by Crippen LogP contribution is 2.20. The summed E-state index contributed by atoms with van der Waals surface area (Å²) in [7, 11) is 0. The third-order valence-electron chi connectivity index (χ3n) is 5.46. The number of carbonyl (C=O) groups is 2. The summed E-state index contributed by atoms with van der Waals surface area (Å²) in [5, 5.41) is 6.35. The molecule has 7 nitrogen and oxygen atoms in total. The molecule has 26 heavy (non-hydrogen) atoms. The smallest absolute Gasteiger partial charge is 0.226 e. The van der Waals surface area contributed by atoms with Crippen LogP contribution in [-0.2, 0) is 27.3 Å². The number of ether oxygens (including phenoxy) is 1. The molecule has 0 aliphatic carbocycles. The number of rotatable bonds is 3. The molecule has 0 spiro atoms. The van der Waals surface area contributed by atoms with Crippen LogP contribution in [0.4, 0.5) is 0 Å². The molecule has 0 aromatic heterocycles. The largest absolute Gasteiger partial charge is 0.379 e. The lowest BCUT2D eigenvalue weighted by atomic mass is 9.99. The van der Waals surface area contributed by atoms with Crippen molar-refractivity contribution in [3.63, 3.8) is 0 Å². The SMILES string of the molecule is O=C1CC(N2CCOCC2)NC(CC(=O)N2CCc3ccccc3C2)N1. The van der Waals surface area contributed by atoms with Gasteiger partial charge in [-0.2, -0.15) is 0 Å². The molecule has 2 unspecified atom stereocenters. The van der Waals surface area contributed by atoms with Crippen molar-refractivity contribution in [1.82, 2.24) is 20.4 Å². The monoisotopic (exact) mass is 358 g/mol. The maximum atomic E-state index is 12.8. The molecule has 2 amide bonds. The Balaban J connectivity index is 1.35. The van der Waals surface area contributed by atoms with Crippen LogP contribution >= 0.6 is 0 Å². The molecule has 3 aliphatic heterocycles. The van der Waals surface area contributed by atoms with E-state index < -0.39 is 0 Å². The van der Waals surface area contributed by atoms with Gasteiger partial charge in [0, 0.05) is 26.2 Å². The highest BCUT2D eigenvalue weighted by atomic mass is 16.5. The van der Waals surface area contributed by atoms with Crippen LogP contribution in [0.5, 0.6) is 0 Å². The van der Waals surface area contributed by atoms with Crippen LogP contribution in [0.3, 0.4) is 0 Å². The first-order chi connectivity index (χ1) is 12.7. The van der Waals surface area contributed by atoms with Gasteiger partial charge in [-0.15, -0.1) is 0 Å². The summed E-state index contributed by atoms with van der Waals surface area (Å²) in [6.45, 7) is 4.40. The van der Waals surface area contributed by atoms with Gasteiger partial charge in [0.1, 0.15) is 0 Å². The molecule has 3 heterocycles. The van der Waals surface area contributed by atoms with Crippen molar-refractivity contribution in [1.29, 1.82) is 0 Å². The predicted octanol–water partition coefficient (Wildman–Crippen LogP) is 0.0553. The number of hydrogen-bond acceptors (Lipinski definition) is 5. The summed E-state index contributed by atoms with van der Waals surface area (Å²) >= 11 is 0. The molecule has 4 rings (SSSR count). The molecule has 1 aromatic carbocycles. The zero-order valence-electron chi connectivity index (χ0n) is 14.9. The number of nitrogens with zero attached hydrogens (tertiary/aromatic N) is 2. The van der Waals surface area contributed by atoms with Gasteiger partial charge in [-0.1, -0.05) is 24.3 Å². The number of nitrogens with one attached hydrogen (secondary N) is 2. The van der Waals surface area contributed by atoms with Gasteiger partial charge in [0.2, 0.25) is 11.8 Å². The Kier molecular flexibility index (Phi) is 5.19. The highest BCUT2D eigenvalue weighted by Gasteiger charge is 2.33. The second kappa shape index (κ2) is 7.73. The molecule has 2 N–H and O–H groups in total. The van der Waals surface area contributed by atoms with Crippen molar-refractivity contribution < 1.29 is 14.3 Å². The number of fused-ring (bicyclic) bond motifs is 1. The second-order valence-corrected chi connectivity index (χ2v) is 7.19. The summed E-state index contributed by atoms with van der Waals surface area (Å²) < 4.78 is 5.39. The van der Waals surface area contributed by atoms with Crippen molar-refractivity contribution in [3.8, 4) is 0 Å². The Labute approximate surface area is 153 Å². The Morgan fingerprint density at radius 3 is 2.73 bits per heavy atom. The summed E-state index contributed by atoms with van der Waals surface area (Å²) in [6.07, 6.45) is 1.26. The molecule has 7 heteroatoms. The average Bonchev–Trinajstić information content (AvgIpc) is 2.68. The summed E-state index contributed by atoms with van der Waals surface area (Å²) in [6, 6.07) is 8.28. The van der Waals surface area contributed by atoms with Crippen LogP contribution < -0.4 is 10.6 Å². The minimum atomic E-state index is -0.311. The van der Waals surface area contributed by atoms with E-state index in [0.29, 0.717) is 26.2 Å². The van der Waals surface area contributed by atoms with Gasteiger partial charge in [0.25, 0.3) is 0 Å². The van der Waals surface area contributed by atoms with E-state index >= 15 is 0 Å². The topological polar surface area (TPSA) is 73.9 Å². The third kappa shape index (κ3) is 3.90. The number of hydrogen-bond donors (Lipinski definition) is 2. The van der Waals surface area contributed by atoms with Crippen molar-refractivity contribution >= 4 is 11.8 Å². The molecular weight excluding hydrogens is 332 g/mol. The van der Waals surface area contributed by atoms with Crippen LogP contribution in [0.15, 0.2) is 24.3 Å². The fourth-order valence-corrected chi connectivity index (χ4v) is 4.01. The molecule has 2 fully saturated rings. The first-order valence-corrected chi connectivity index (χ1v) is 9.41. The van der Waals surface area contributed by atoms with Gasteiger partial charge in [-0.25, -0.2) is 0 Å². The first-order valence-electron chi connectivity index (χ1n) is 9.41. The third-order valence-corrected chi connectivity index (χ3v) is 5.46. The highest BCUT2D eigenvalue weighted by molar-refractivity contribution is 5.81. The lowest BCUT2D eigenvalue weighted by Crippen LogP contribution is -2.63. The van der Waals surface area contributed by atoms with E-state index in [4.69, 9.17) is 4.74 Å². The number of benzene rings is 1. The molecule has 3 aliphatic rings. The van der Waals surface area contributed by atoms with E-state index in [-0.39, 0.29) is 30.6 Å². The second-order valence-electron chi connectivity index (χ2n) is 7.19. The van der Waals surface area contributed by atoms with Crippen molar-refractivity contribution in [2.75, 3.05) is 32.8 Å². The minimum Gasteiger partial charge on any atom is -0.379 e. The van der Waals surface area contributed by atoms with Gasteiger partial charge in [0.15, 0.2) is 0 Å². The maximum absolute atomic E-state index is 12.8. The number of morpholine rings is 1. The van der Waals surface area contributed by atoms with Crippen LogP contribution in [0, 0.1) is 0 Å². The maximum Gasteiger partial charge on any atom is 0.226 e. The Morgan fingerprint density at radius 1 is 1.15 bits per heavy atom. The van der Waals surface area contributed by atoms with Crippen LogP contribution in [0.1, 0.15) is 24.0 Å². The van der Waals surface area contributed by atoms with Gasteiger partial charge in [0.05, 0.1) is 38.4 Å². The minimum absolute atomic E-state index is 0.00188. The van der Waals surface area contributed by atoms with Gasteiger partial charge < -0.3 is 15.0 Å². The van der Waals surface area contributed by atoms with E-state index in [2.05, 4.69) is 27.7 Å². The summed E-state index contributed by atoms with van der Waals surface area (Å²) in [4.78, 5) is 29.0. The Hall–Kier alpha value is -1.96. The average molecular weight is 358 g/mol. The molecule has 2 saturated heterocycles. The predicted molar refractivity (Wildman–Crippen MR) is 96.0 cm³/mol. The summed E-state index contributed by atoms with van der Waals surface area (Å²) in [5.41, 5.74) is 2.55. The van der Waals surface area contributed by atoms with Gasteiger partial charge in [-0.3, -0.25) is 19.8 Å². The fraction of sp³-hybridized carbons (Fsp3) is 0.579. The number of carbonyl (C=O) groups excluding carboxylic acids is 2. The molecule has 1 aromatic rings. The zero-order valence-corrected chi connectivity index (χ0v) is 14.9. The van der Waals surface area contributed by atoms with Crippen LogP contribution in [0.2, 0.25) is 0 Å². The Bertz CT molecular complexity index is 675. The quantitative estimate of drug-likeness (QED) is 0.799. The Morgan fingerprint density at radius 2 is 1.92 bits per heavy atom. The summed E-state index contributed by atoms with van der Waals surface area (Å²) in [5.74, 6) is 0.0852. The first kappa shape index (κ1) is 17.5. The van der Waals surface area contributed by atoms with E-state index in [1.54, 1.807) is 0 Å². The molecule has 0 saturated carbocycles. The van der Waals surface area contributed by atoms with Crippen LogP contribution in [0.25, 0.3) is 0 Å². The van der Waals surface area contributed by atoms with E-state index in [9.17, 15) is 9.59 Å². The lowest BCUT2D eigenvalue weighted by Gasteiger charge is -2.40. The van der Waals surface area contributed by atoms with E-state index in [1.165, 1.54) is 11.1 Å². The van der Waals surface area contributed by atoms with E-state index in [1.807, 2.05) is 17.0 Å². The van der Waals surface area contributed by atoms with E-state index in [0.717, 1.165) is 26.1 Å². The van der Waals surface area contributed by atoms with Crippen LogP contribution in [-0.4, -0.2) is 66.8 Å². The molecule has 140 valence electrons. The van der Waals surface area contributed by atoms with Crippen molar-refractivity contribution in [2.24, 2.45) is 0 Å². The molecular formula is C19H26N4O3. The number of amides is 2. The normalized spacial score (nSPS) is 26.9.